The zero-order chi connectivity index (χ0) is 11.2. The molecule has 0 bridgehead atoms. The van der Waals surface area contributed by atoms with E-state index in [2.05, 4.69) is 15.3 Å². The van der Waals surface area contributed by atoms with Crippen molar-refractivity contribution in [3.8, 4) is 0 Å². The zero-order valence-electron chi connectivity index (χ0n) is 8.93. The van der Waals surface area contributed by atoms with Crippen LogP contribution in [-0.4, -0.2) is 16.5 Å². The highest BCUT2D eigenvalue weighted by atomic mass is 14.9. The maximum absolute atomic E-state index is 5.58. The monoisotopic (exact) mass is 214 g/mol. The van der Waals surface area contributed by atoms with Crippen LogP contribution in [0, 0.1) is 0 Å². The van der Waals surface area contributed by atoms with E-state index in [0.717, 1.165) is 24.3 Å². The summed E-state index contributed by atoms with van der Waals surface area (Å²) in [4.78, 5) is 8.18. The molecular weight excluding hydrogens is 200 g/mol. The molecule has 0 aliphatic rings. The van der Waals surface area contributed by atoms with E-state index < -0.39 is 0 Å². The van der Waals surface area contributed by atoms with Crippen molar-refractivity contribution >= 4 is 11.5 Å². The number of nitrogens with one attached hydrogen (secondary N) is 1. The van der Waals surface area contributed by atoms with Gasteiger partial charge in [-0.1, -0.05) is 6.07 Å². The molecule has 0 fully saturated rings. The average Bonchev–Trinajstić information content (AvgIpc) is 2.30. The summed E-state index contributed by atoms with van der Waals surface area (Å²) in [6.07, 6.45) is 4.39. The van der Waals surface area contributed by atoms with Gasteiger partial charge in [0.2, 0.25) is 0 Å². The number of nitrogen functional groups attached to an aromatic ring is 1. The molecule has 0 aliphatic carbocycles. The highest BCUT2D eigenvalue weighted by Gasteiger charge is 1.95. The Balaban J connectivity index is 1.85. The first-order valence-electron chi connectivity index (χ1n) is 5.20. The number of anilines is 2. The second-order valence-electron chi connectivity index (χ2n) is 3.47. The lowest BCUT2D eigenvalue weighted by molar-refractivity contribution is 0.961. The molecule has 2 heterocycles. The fourth-order valence-corrected chi connectivity index (χ4v) is 1.44. The smallest absolute Gasteiger partial charge is 0.125 e. The third-order valence-corrected chi connectivity index (χ3v) is 2.22. The fourth-order valence-electron chi connectivity index (χ4n) is 1.44. The number of hydrogen-bond donors (Lipinski definition) is 2. The molecule has 0 aliphatic heterocycles. The molecule has 0 radical (unpaired) electrons. The van der Waals surface area contributed by atoms with Crippen LogP contribution in [0.5, 0.6) is 0 Å². The van der Waals surface area contributed by atoms with Gasteiger partial charge in [-0.3, -0.25) is 4.98 Å². The Morgan fingerprint density at radius 2 is 2.06 bits per heavy atom. The first kappa shape index (κ1) is 10.4. The Bertz CT molecular complexity index is 442. The third kappa shape index (κ3) is 2.95. The predicted molar refractivity (Wildman–Crippen MR) is 65.1 cm³/mol. The summed E-state index contributed by atoms with van der Waals surface area (Å²) in [5, 5.41) is 3.27. The zero-order valence-corrected chi connectivity index (χ0v) is 8.93. The highest BCUT2D eigenvalue weighted by molar-refractivity contribution is 5.49. The molecule has 82 valence electrons. The summed E-state index contributed by atoms with van der Waals surface area (Å²) in [7, 11) is 0. The van der Waals surface area contributed by atoms with Gasteiger partial charge in [-0.15, -0.1) is 0 Å². The molecule has 16 heavy (non-hydrogen) atoms. The number of nitrogens with two attached hydrogens (primary N) is 1. The van der Waals surface area contributed by atoms with Crippen LogP contribution < -0.4 is 11.1 Å². The summed E-state index contributed by atoms with van der Waals surface area (Å²) in [5.74, 6) is 0.530. The maximum atomic E-state index is 5.58. The molecule has 0 saturated heterocycles. The Kier molecular flexibility index (Phi) is 3.33. The van der Waals surface area contributed by atoms with E-state index in [9.17, 15) is 0 Å². The van der Waals surface area contributed by atoms with E-state index in [1.807, 2.05) is 30.3 Å². The molecule has 0 unspecified atom stereocenters. The molecule has 0 amide bonds. The lowest BCUT2D eigenvalue weighted by atomic mass is 10.2. The summed E-state index contributed by atoms with van der Waals surface area (Å²) >= 11 is 0. The summed E-state index contributed by atoms with van der Waals surface area (Å²) in [6, 6.07) is 9.64. The van der Waals surface area contributed by atoms with Gasteiger partial charge in [-0.05, 0) is 18.2 Å². The molecule has 4 nitrogen and oxygen atoms in total. The summed E-state index contributed by atoms with van der Waals surface area (Å²) < 4.78 is 0. The number of hydrogen-bond acceptors (Lipinski definition) is 4. The fraction of sp³-hybridized carbons (Fsp3) is 0.167. The normalized spacial score (nSPS) is 10.0. The van der Waals surface area contributed by atoms with E-state index in [1.54, 1.807) is 12.4 Å². The second kappa shape index (κ2) is 5.11. The number of pyridine rings is 2. The van der Waals surface area contributed by atoms with Crippen LogP contribution >= 0.6 is 0 Å². The van der Waals surface area contributed by atoms with Gasteiger partial charge in [0.15, 0.2) is 0 Å². The summed E-state index contributed by atoms with van der Waals surface area (Å²) in [6.45, 7) is 0.834. The number of aromatic nitrogens is 2. The quantitative estimate of drug-likeness (QED) is 0.813. The topological polar surface area (TPSA) is 63.8 Å². The Hall–Kier alpha value is -2.10. The van der Waals surface area contributed by atoms with Gasteiger partial charge in [-0.2, -0.15) is 0 Å². The van der Waals surface area contributed by atoms with Gasteiger partial charge in [-0.25, -0.2) is 4.98 Å². The van der Waals surface area contributed by atoms with Gasteiger partial charge in [0.25, 0.3) is 0 Å². The minimum absolute atomic E-state index is 0.530. The minimum atomic E-state index is 0.530. The average molecular weight is 214 g/mol. The van der Waals surface area contributed by atoms with Gasteiger partial charge in [0.1, 0.15) is 5.82 Å². The van der Waals surface area contributed by atoms with Crippen LogP contribution in [0.1, 0.15) is 5.69 Å². The second-order valence-corrected chi connectivity index (χ2v) is 3.47. The van der Waals surface area contributed by atoms with Gasteiger partial charge in [0, 0.05) is 42.8 Å². The molecule has 3 N–H and O–H groups in total. The van der Waals surface area contributed by atoms with Crippen LogP contribution in [0.2, 0.25) is 0 Å². The van der Waals surface area contributed by atoms with Crippen LogP contribution in [0.4, 0.5) is 11.5 Å². The van der Waals surface area contributed by atoms with E-state index >= 15 is 0 Å². The van der Waals surface area contributed by atoms with Crippen LogP contribution in [-0.2, 0) is 6.42 Å². The standard InChI is InChI=1S/C12H14N4/c13-12-9-11(5-8-16-12)15-7-4-10-3-1-2-6-14-10/h1-3,5-6,8-9H,4,7H2,(H3,13,15,16). The van der Waals surface area contributed by atoms with Crippen molar-refractivity contribution in [2.45, 2.75) is 6.42 Å². The van der Waals surface area contributed by atoms with Gasteiger partial charge < -0.3 is 11.1 Å². The Morgan fingerprint density at radius 3 is 2.81 bits per heavy atom. The molecule has 0 atom stereocenters. The first-order chi connectivity index (χ1) is 7.84. The largest absolute Gasteiger partial charge is 0.385 e. The van der Waals surface area contributed by atoms with Crippen LogP contribution in [0.3, 0.4) is 0 Å². The van der Waals surface area contributed by atoms with Crippen molar-refractivity contribution in [3.05, 3.63) is 48.4 Å². The Morgan fingerprint density at radius 1 is 1.12 bits per heavy atom. The van der Waals surface area contributed by atoms with E-state index in [0.29, 0.717) is 5.82 Å². The molecular formula is C12H14N4. The number of nitrogens with zero attached hydrogens (tertiary/aromatic N) is 2. The summed E-state index contributed by atoms with van der Waals surface area (Å²) in [5.41, 5.74) is 7.65. The molecule has 0 saturated carbocycles. The molecule has 2 aromatic rings. The lowest BCUT2D eigenvalue weighted by Crippen LogP contribution is -2.06. The Labute approximate surface area is 94.5 Å². The van der Waals surface area contributed by atoms with E-state index in [4.69, 9.17) is 5.73 Å². The molecule has 2 rings (SSSR count). The highest BCUT2D eigenvalue weighted by Crippen LogP contribution is 2.08. The van der Waals surface area contributed by atoms with Crippen LogP contribution in [0.25, 0.3) is 0 Å². The first-order valence-corrected chi connectivity index (χ1v) is 5.20. The number of rotatable bonds is 4. The van der Waals surface area contributed by atoms with Gasteiger partial charge >= 0.3 is 0 Å². The lowest BCUT2D eigenvalue weighted by Gasteiger charge is -2.05. The van der Waals surface area contributed by atoms with Crippen molar-refractivity contribution < 1.29 is 0 Å². The van der Waals surface area contributed by atoms with Crippen molar-refractivity contribution in [1.82, 2.24) is 9.97 Å². The van der Waals surface area contributed by atoms with Gasteiger partial charge in [0.05, 0.1) is 0 Å². The van der Waals surface area contributed by atoms with Crippen molar-refractivity contribution in [2.24, 2.45) is 0 Å². The maximum Gasteiger partial charge on any atom is 0.125 e. The third-order valence-electron chi connectivity index (χ3n) is 2.22. The molecule has 2 aromatic heterocycles. The van der Waals surface area contributed by atoms with Crippen molar-refractivity contribution in [1.29, 1.82) is 0 Å². The van der Waals surface area contributed by atoms with Crippen LogP contribution in [0.15, 0.2) is 42.7 Å². The molecule has 0 aromatic carbocycles. The van der Waals surface area contributed by atoms with Crippen molar-refractivity contribution in [3.63, 3.8) is 0 Å². The van der Waals surface area contributed by atoms with E-state index in [1.165, 1.54) is 0 Å². The van der Waals surface area contributed by atoms with E-state index in [-0.39, 0.29) is 0 Å². The molecule has 0 spiro atoms. The SMILES string of the molecule is Nc1cc(NCCc2ccccn2)ccn1. The molecule has 4 heteroatoms. The minimum Gasteiger partial charge on any atom is -0.385 e. The van der Waals surface area contributed by atoms with Crippen molar-refractivity contribution in [2.75, 3.05) is 17.6 Å². The predicted octanol–water partition coefficient (Wildman–Crippen LogP) is 1.71.